The van der Waals surface area contributed by atoms with Gasteiger partial charge in [0.15, 0.2) is 0 Å². The summed E-state index contributed by atoms with van der Waals surface area (Å²) in [6.07, 6.45) is 0. The standard InChI is InChI=1S/C22H15NS/c1-14-11-12-18-17(13-14)20(15-7-3-2-4-8-15)21-16-9-5-6-10-19(16)24-22(21)23-18/h2-13H,1H3. The van der Waals surface area contributed by atoms with Gasteiger partial charge in [0.25, 0.3) is 0 Å². The summed E-state index contributed by atoms with van der Waals surface area (Å²) in [5.41, 5.74) is 4.89. The van der Waals surface area contributed by atoms with Crippen molar-refractivity contribution in [2.24, 2.45) is 0 Å². The van der Waals surface area contributed by atoms with E-state index in [2.05, 4.69) is 79.7 Å². The SMILES string of the molecule is Cc1ccc2nc3sc4ccccc4c3c(-c3ccccc3)c2c1. The van der Waals surface area contributed by atoms with Crippen LogP contribution >= 0.6 is 11.3 Å². The highest BCUT2D eigenvalue weighted by molar-refractivity contribution is 7.25. The van der Waals surface area contributed by atoms with Crippen LogP contribution in [0.2, 0.25) is 0 Å². The number of thiophene rings is 1. The molecule has 0 aliphatic rings. The molecular formula is C22H15NS. The fraction of sp³-hybridized carbons (Fsp3) is 0.0455. The summed E-state index contributed by atoms with van der Waals surface area (Å²) in [5.74, 6) is 0. The molecule has 0 amide bonds. The van der Waals surface area contributed by atoms with Gasteiger partial charge in [0.2, 0.25) is 0 Å². The lowest BCUT2D eigenvalue weighted by Gasteiger charge is -2.10. The molecule has 1 nitrogen and oxygen atoms in total. The van der Waals surface area contributed by atoms with Crippen molar-refractivity contribution in [2.45, 2.75) is 6.92 Å². The molecule has 0 saturated carbocycles. The second kappa shape index (κ2) is 5.15. The smallest absolute Gasteiger partial charge is 0.125 e. The molecule has 2 heterocycles. The first-order valence-electron chi connectivity index (χ1n) is 8.08. The molecule has 0 aliphatic heterocycles. The van der Waals surface area contributed by atoms with E-state index in [1.807, 2.05) is 0 Å². The Morgan fingerprint density at radius 1 is 0.792 bits per heavy atom. The summed E-state index contributed by atoms with van der Waals surface area (Å²) in [5, 5.41) is 3.81. The van der Waals surface area contributed by atoms with Gasteiger partial charge in [0.1, 0.15) is 4.83 Å². The van der Waals surface area contributed by atoms with E-state index < -0.39 is 0 Å². The largest absolute Gasteiger partial charge is 0.237 e. The molecule has 0 unspecified atom stereocenters. The van der Waals surface area contributed by atoms with Crippen LogP contribution in [-0.2, 0) is 0 Å². The first-order chi connectivity index (χ1) is 11.8. The van der Waals surface area contributed by atoms with Crippen molar-refractivity contribution in [3.05, 3.63) is 78.4 Å². The molecule has 3 aromatic carbocycles. The third-order valence-corrected chi connectivity index (χ3v) is 5.60. The van der Waals surface area contributed by atoms with Crippen molar-refractivity contribution in [2.75, 3.05) is 0 Å². The number of benzene rings is 3. The van der Waals surface area contributed by atoms with Crippen LogP contribution in [0.25, 0.3) is 42.3 Å². The van der Waals surface area contributed by atoms with E-state index in [1.54, 1.807) is 11.3 Å². The van der Waals surface area contributed by atoms with Gasteiger partial charge in [-0.15, -0.1) is 11.3 Å². The normalized spacial score (nSPS) is 11.5. The molecular weight excluding hydrogens is 310 g/mol. The van der Waals surface area contributed by atoms with E-state index in [-0.39, 0.29) is 0 Å². The molecule has 24 heavy (non-hydrogen) atoms. The summed E-state index contributed by atoms with van der Waals surface area (Å²) >= 11 is 1.78. The van der Waals surface area contributed by atoms with Gasteiger partial charge in [0, 0.05) is 26.4 Å². The predicted molar refractivity (Wildman–Crippen MR) is 105 cm³/mol. The molecule has 0 bridgehead atoms. The van der Waals surface area contributed by atoms with Gasteiger partial charge < -0.3 is 0 Å². The van der Waals surface area contributed by atoms with Gasteiger partial charge in [-0.2, -0.15) is 0 Å². The second-order valence-corrected chi connectivity index (χ2v) is 7.18. The van der Waals surface area contributed by atoms with E-state index in [0.717, 1.165) is 10.3 Å². The molecule has 5 aromatic rings. The molecule has 0 fully saturated rings. The van der Waals surface area contributed by atoms with E-state index in [0.29, 0.717) is 0 Å². The zero-order valence-corrected chi connectivity index (χ0v) is 14.1. The number of fused-ring (bicyclic) bond motifs is 4. The number of pyridine rings is 1. The monoisotopic (exact) mass is 325 g/mol. The molecule has 114 valence electrons. The first kappa shape index (κ1) is 13.7. The number of aryl methyl sites for hydroxylation is 1. The van der Waals surface area contributed by atoms with Crippen molar-refractivity contribution in [1.29, 1.82) is 0 Å². The van der Waals surface area contributed by atoms with Crippen LogP contribution in [0.1, 0.15) is 5.56 Å². The fourth-order valence-electron chi connectivity index (χ4n) is 3.45. The topological polar surface area (TPSA) is 12.9 Å². The van der Waals surface area contributed by atoms with E-state index in [4.69, 9.17) is 4.98 Å². The Morgan fingerprint density at radius 3 is 2.46 bits per heavy atom. The zero-order valence-electron chi connectivity index (χ0n) is 13.3. The Balaban J connectivity index is 2.08. The number of hydrogen-bond donors (Lipinski definition) is 0. The number of rotatable bonds is 1. The first-order valence-corrected chi connectivity index (χ1v) is 8.90. The summed E-state index contributed by atoms with van der Waals surface area (Å²) in [6.45, 7) is 2.14. The quantitative estimate of drug-likeness (QED) is 0.339. The summed E-state index contributed by atoms with van der Waals surface area (Å²) in [6, 6.07) is 25.8. The maximum atomic E-state index is 4.96. The summed E-state index contributed by atoms with van der Waals surface area (Å²) in [7, 11) is 0. The van der Waals surface area contributed by atoms with Crippen LogP contribution < -0.4 is 0 Å². The lowest BCUT2D eigenvalue weighted by molar-refractivity contribution is 1.47. The molecule has 2 aromatic heterocycles. The fourth-order valence-corrected chi connectivity index (χ4v) is 4.54. The maximum absolute atomic E-state index is 4.96. The summed E-state index contributed by atoms with van der Waals surface area (Å²) < 4.78 is 1.30. The van der Waals surface area contributed by atoms with Crippen molar-refractivity contribution in [1.82, 2.24) is 4.98 Å². The molecule has 2 heteroatoms. The van der Waals surface area contributed by atoms with Crippen molar-refractivity contribution >= 4 is 42.5 Å². The molecule has 0 N–H and O–H groups in total. The van der Waals surface area contributed by atoms with Gasteiger partial charge in [0.05, 0.1) is 5.52 Å². The molecule has 0 aliphatic carbocycles. The van der Waals surface area contributed by atoms with E-state index in [1.165, 1.54) is 37.5 Å². The van der Waals surface area contributed by atoms with Gasteiger partial charge in [-0.25, -0.2) is 4.98 Å². The van der Waals surface area contributed by atoms with Gasteiger partial charge in [-0.05, 0) is 30.7 Å². The third kappa shape index (κ3) is 1.97. The van der Waals surface area contributed by atoms with Crippen LogP contribution in [0.3, 0.4) is 0 Å². The number of hydrogen-bond acceptors (Lipinski definition) is 2. The number of aromatic nitrogens is 1. The molecule has 0 atom stereocenters. The average Bonchev–Trinajstić information content (AvgIpc) is 2.98. The van der Waals surface area contributed by atoms with Crippen molar-refractivity contribution in [3.8, 4) is 11.1 Å². The van der Waals surface area contributed by atoms with Gasteiger partial charge in [-0.1, -0.05) is 60.2 Å². The average molecular weight is 325 g/mol. The molecule has 5 rings (SSSR count). The van der Waals surface area contributed by atoms with Crippen LogP contribution in [-0.4, -0.2) is 4.98 Å². The van der Waals surface area contributed by atoms with Crippen molar-refractivity contribution < 1.29 is 0 Å². The second-order valence-electron chi connectivity index (χ2n) is 6.15. The van der Waals surface area contributed by atoms with Crippen LogP contribution in [0.15, 0.2) is 72.8 Å². The highest BCUT2D eigenvalue weighted by Crippen LogP contribution is 2.42. The highest BCUT2D eigenvalue weighted by atomic mass is 32.1. The van der Waals surface area contributed by atoms with Crippen LogP contribution in [0.5, 0.6) is 0 Å². The van der Waals surface area contributed by atoms with Crippen LogP contribution in [0.4, 0.5) is 0 Å². The predicted octanol–water partition coefficient (Wildman–Crippen LogP) is 6.58. The molecule has 0 radical (unpaired) electrons. The van der Waals surface area contributed by atoms with Gasteiger partial charge in [-0.3, -0.25) is 0 Å². The minimum absolute atomic E-state index is 1.07. The molecule has 0 saturated heterocycles. The minimum atomic E-state index is 1.07. The van der Waals surface area contributed by atoms with Gasteiger partial charge >= 0.3 is 0 Å². The minimum Gasteiger partial charge on any atom is -0.237 e. The molecule has 0 spiro atoms. The Bertz CT molecular complexity index is 1200. The summed E-state index contributed by atoms with van der Waals surface area (Å²) in [4.78, 5) is 6.08. The van der Waals surface area contributed by atoms with Crippen molar-refractivity contribution in [3.63, 3.8) is 0 Å². The Hall–Kier alpha value is -2.71. The highest BCUT2D eigenvalue weighted by Gasteiger charge is 2.16. The van der Waals surface area contributed by atoms with E-state index >= 15 is 0 Å². The Labute approximate surface area is 144 Å². The lowest BCUT2D eigenvalue weighted by atomic mass is 9.95. The lowest BCUT2D eigenvalue weighted by Crippen LogP contribution is -1.87. The van der Waals surface area contributed by atoms with Crippen LogP contribution in [0, 0.1) is 6.92 Å². The third-order valence-electron chi connectivity index (χ3n) is 4.53. The zero-order chi connectivity index (χ0) is 16.1. The Morgan fingerprint density at radius 2 is 1.58 bits per heavy atom. The Kier molecular flexibility index (Phi) is 2.94. The number of nitrogens with zero attached hydrogens (tertiary/aromatic N) is 1. The van der Waals surface area contributed by atoms with E-state index in [9.17, 15) is 0 Å². The maximum Gasteiger partial charge on any atom is 0.125 e.